The largest absolute Gasteiger partial charge is 0.481 e. The molecule has 1 unspecified atom stereocenters. The molecule has 0 spiro atoms. The number of hydrogen-bond donors (Lipinski definition) is 3. The number of methoxy groups -OCH3 is 1. The van der Waals surface area contributed by atoms with E-state index in [2.05, 4.69) is 76.6 Å². The Hall–Kier alpha value is -2.99. The zero-order chi connectivity index (χ0) is 39.6. The van der Waals surface area contributed by atoms with Gasteiger partial charge in [-0.1, -0.05) is 58.9 Å². The molecule has 0 amide bonds. The number of aromatic nitrogens is 1. The topological polar surface area (TPSA) is 125 Å². The highest BCUT2D eigenvalue weighted by Gasteiger charge is 2.70. The van der Waals surface area contributed by atoms with E-state index in [-0.39, 0.29) is 39.7 Å². The predicted molar refractivity (Wildman–Crippen MR) is 215 cm³/mol. The van der Waals surface area contributed by atoms with Gasteiger partial charge in [-0.05, 0) is 159 Å². The smallest absolute Gasteiger partial charge is 0.313 e. The van der Waals surface area contributed by atoms with Gasteiger partial charge in [0, 0.05) is 25.4 Å². The lowest BCUT2D eigenvalue weighted by Gasteiger charge is -2.72. The lowest BCUT2D eigenvalue weighted by Crippen LogP contribution is -2.68. The van der Waals surface area contributed by atoms with Crippen molar-refractivity contribution in [3.05, 3.63) is 59.3 Å². The number of nitrogens with zero attached hydrogens (tertiary/aromatic N) is 2. The molecule has 55 heavy (non-hydrogen) atoms. The van der Waals surface area contributed by atoms with Crippen LogP contribution >= 0.6 is 0 Å². The highest BCUT2D eigenvalue weighted by molar-refractivity contribution is 5.75. The van der Waals surface area contributed by atoms with Crippen LogP contribution in [-0.4, -0.2) is 59.7 Å². The van der Waals surface area contributed by atoms with Crippen LogP contribution in [0, 0.1) is 68.0 Å². The zero-order valence-electron chi connectivity index (χ0n) is 34.7. The van der Waals surface area contributed by atoms with E-state index >= 15 is 0 Å². The minimum Gasteiger partial charge on any atom is -0.481 e. The number of carboxylic acid groups (broad SMARTS) is 1. The molecule has 0 radical (unpaired) electrons. The summed E-state index contributed by atoms with van der Waals surface area (Å²) in [6.07, 6.45) is 18.2. The molecule has 3 N–H and O–H groups in total. The maximum absolute atomic E-state index is 12.8. The third-order valence-corrected chi connectivity index (χ3v) is 17.5. The molecule has 0 aromatic carbocycles. The Morgan fingerprint density at radius 2 is 1.82 bits per heavy atom. The fourth-order valence-electron chi connectivity index (χ4n) is 14.5. The van der Waals surface area contributed by atoms with E-state index in [9.17, 15) is 20.3 Å². The number of pyridine rings is 1. The predicted octanol–water partition coefficient (Wildman–Crippen LogP) is 9.06. The molecule has 4 saturated carbocycles. The van der Waals surface area contributed by atoms with Gasteiger partial charge in [-0.3, -0.25) is 4.79 Å². The van der Waals surface area contributed by atoms with Crippen molar-refractivity contribution in [3.8, 4) is 11.9 Å². The number of aliphatic hydroxyl groups excluding tert-OH is 1. The molecule has 8 heteroatoms. The Bertz CT molecular complexity index is 1780. The monoisotopic (exact) mass is 754 g/mol. The lowest BCUT2D eigenvalue weighted by atomic mass is 9.33. The van der Waals surface area contributed by atoms with E-state index < -0.39 is 17.5 Å². The van der Waals surface area contributed by atoms with Crippen molar-refractivity contribution in [1.82, 2.24) is 10.3 Å². The van der Waals surface area contributed by atoms with Crippen LogP contribution in [0.4, 0.5) is 0 Å². The summed E-state index contributed by atoms with van der Waals surface area (Å²) in [4.78, 5) is 17.0. The van der Waals surface area contributed by atoms with Gasteiger partial charge in [0.15, 0.2) is 0 Å². The number of carboxylic acids is 1. The zero-order valence-corrected chi connectivity index (χ0v) is 34.7. The SMILES string of the molecule is C=C(C)[C@@H]1CC[C@]2(NC[C@H](O)COC)CC[C@]3(C)[C@H](CC[C@H]4C3(C)CC[C@H]3C(C)(C)C(C5=CC[C@](COc6ncccc6C#N)(C(=O)O)CC5)=CC[C@@]34C)[C@@H]12. The lowest BCUT2D eigenvalue weighted by molar-refractivity contribution is -0.221. The Balaban J connectivity index is 1.13. The van der Waals surface area contributed by atoms with Crippen LogP contribution < -0.4 is 10.1 Å². The summed E-state index contributed by atoms with van der Waals surface area (Å²) >= 11 is 0. The number of allylic oxidation sites excluding steroid dienone is 5. The molecule has 8 nitrogen and oxygen atoms in total. The molecule has 11 atom stereocenters. The molecule has 0 bridgehead atoms. The standard InChI is InChI=1S/C47H67N3O5/c1-30(2)34-15-22-47(50-27-33(51)28-54-8)24-23-44(6)36(39(34)47)11-12-38-43(5)18-16-35(42(3,4)37(43)17-19-45(38,44)7)31-13-20-46(21-14-31,41(52)53)29-55-40-32(26-48)10-9-25-49-40/h9-10,13,16,25,33-34,36-39,50-51H,1,11-12,14-15,17-24,27-29H2,2-8H3,(H,52,53)/t33-,34-,36+,37-,38+,39+,43-,44+,45?,46-,47-/m0/s1. The van der Waals surface area contributed by atoms with Gasteiger partial charge in [0.1, 0.15) is 23.7 Å². The molecule has 7 rings (SSSR count). The third kappa shape index (κ3) is 6.25. The van der Waals surface area contributed by atoms with E-state index in [4.69, 9.17) is 9.47 Å². The molecule has 1 heterocycles. The first kappa shape index (κ1) is 40.2. The van der Waals surface area contributed by atoms with Gasteiger partial charge in [-0.25, -0.2) is 4.98 Å². The van der Waals surface area contributed by atoms with Gasteiger partial charge in [0.25, 0.3) is 0 Å². The number of carbonyl (C=O) groups is 1. The fraction of sp³-hybridized carbons (Fsp3) is 0.723. The molecule has 0 saturated heterocycles. The van der Waals surface area contributed by atoms with Crippen LogP contribution in [0.5, 0.6) is 5.88 Å². The minimum atomic E-state index is -1.05. The van der Waals surface area contributed by atoms with Crippen LogP contribution in [0.3, 0.4) is 0 Å². The van der Waals surface area contributed by atoms with Crippen molar-refractivity contribution in [3.63, 3.8) is 0 Å². The summed E-state index contributed by atoms with van der Waals surface area (Å²) in [6.45, 7) is 20.7. The first-order valence-electron chi connectivity index (χ1n) is 21.2. The van der Waals surface area contributed by atoms with Crippen LogP contribution in [0.2, 0.25) is 0 Å². The fourth-order valence-corrected chi connectivity index (χ4v) is 14.5. The number of nitriles is 1. The quantitative estimate of drug-likeness (QED) is 0.191. The molecule has 4 fully saturated rings. The van der Waals surface area contributed by atoms with Crippen LogP contribution in [0.25, 0.3) is 0 Å². The third-order valence-electron chi connectivity index (χ3n) is 17.5. The number of rotatable bonds is 11. The summed E-state index contributed by atoms with van der Waals surface area (Å²) in [5, 5.41) is 34.7. The van der Waals surface area contributed by atoms with Gasteiger partial charge >= 0.3 is 5.97 Å². The summed E-state index contributed by atoms with van der Waals surface area (Å²) in [5.74, 6) is 2.19. The van der Waals surface area contributed by atoms with Crippen molar-refractivity contribution < 1.29 is 24.5 Å². The van der Waals surface area contributed by atoms with Gasteiger partial charge in [-0.15, -0.1) is 0 Å². The first-order valence-corrected chi connectivity index (χ1v) is 21.2. The number of aliphatic carboxylic acids is 1. The maximum atomic E-state index is 12.8. The van der Waals surface area contributed by atoms with E-state index in [1.54, 1.807) is 25.4 Å². The van der Waals surface area contributed by atoms with E-state index in [1.165, 1.54) is 55.2 Å². The molecular formula is C47H67N3O5. The van der Waals surface area contributed by atoms with Crippen molar-refractivity contribution in [2.45, 2.75) is 130 Å². The number of nitrogens with one attached hydrogen (secondary N) is 1. The molecule has 0 aliphatic heterocycles. The number of fused-ring (bicyclic) bond motifs is 7. The van der Waals surface area contributed by atoms with Crippen LogP contribution in [0.15, 0.2) is 53.8 Å². The van der Waals surface area contributed by atoms with Crippen molar-refractivity contribution in [2.75, 3.05) is 26.9 Å². The molecular weight excluding hydrogens is 687 g/mol. The molecule has 6 aliphatic carbocycles. The number of aliphatic hydroxyl groups is 1. The second-order valence-corrected chi connectivity index (χ2v) is 20.2. The van der Waals surface area contributed by atoms with Gasteiger partial charge in [-0.2, -0.15) is 5.26 Å². The minimum absolute atomic E-state index is 0.0120. The van der Waals surface area contributed by atoms with Gasteiger partial charge in [0.05, 0.1) is 12.7 Å². The second-order valence-electron chi connectivity index (χ2n) is 20.2. The highest BCUT2D eigenvalue weighted by Crippen LogP contribution is 2.76. The second kappa shape index (κ2) is 14.4. The highest BCUT2D eigenvalue weighted by atomic mass is 16.5. The van der Waals surface area contributed by atoms with Gasteiger partial charge < -0.3 is 25.0 Å². The number of hydrogen-bond acceptors (Lipinski definition) is 7. The maximum Gasteiger partial charge on any atom is 0.313 e. The number of β-amino-alcohol motifs (C(OH)–C–C–N with tert-alkyl or cyclic N) is 1. The summed E-state index contributed by atoms with van der Waals surface area (Å²) in [5.41, 5.74) is 3.99. The molecule has 1 aromatic rings. The van der Waals surface area contributed by atoms with E-state index in [0.717, 1.165) is 19.3 Å². The van der Waals surface area contributed by atoms with E-state index in [0.29, 0.717) is 67.6 Å². The van der Waals surface area contributed by atoms with Crippen LogP contribution in [-0.2, 0) is 9.53 Å². The summed E-state index contributed by atoms with van der Waals surface area (Å²) in [6, 6.07) is 5.43. The van der Waals surface area contributed by atoms with Crippen molar-refractivity contribution in [2.24, 2.45) is 56.7 Å². The Kier molecular flexibility index (Phi) is 10.6. The first-order chi connectivity index (χ1) is 26.0. The summed E-state index contributed by atoms with van der Waals surface area (Å²) < 4.78 is 11.2. The normalized spacial score (nSPS) is 40.9. The number of ether oxygens (including phenoxy) is 2. The average Bonchev–Trinajstić information content (AvgIpc) is 3.54. The molecule has 300 valence electrons. The van der Waals surface area contributed by atoms with E-state index in [1.807, 2.05) is 0 Å². The van der Waals surface area contributed by atoms with Crippen LogP contribution in [0.1, 0.15) is 124 Å². The Morgan fingerprint density at radius 3 is 2.49 bits per heavy atom. The molecule has 1 aromatic heterocycles. The molecule has 6 aliphatic rings. The Morgan fingerprint density at radius 1 is 1.04 bits per heavy atom. The van der Waals surface area contributed by atoms with Gasteiger partial charge in [0.2, 0.25) is 5.88 Å². The van der Waals surface area contributed by atoms with Crippen molar-refractivity contribution >= 4 is 5.97 Å². The van der Waals surface area contributed by atoms with Crippen molar-refractivity contribution in [1.29, 1.82) is 5.26 Å². The average molecular weight is 754 g/mol. The summed E-state index contributed by atoms with van der Waals surface area (Å²) in [7, 11) is 1.66. The Labute approximate surface area is 330 Å².